The lowest BCUT2D eigenvalue weighted by Crippen LogP contribution is -2.17. The lowest BCUT2D eigenvalue weighted by atomic mass is 10.2. The van der Waals surface area contributed by atoms with Crippen LogP contribution in [0.3, 0.4) is 0 Å². The van der Waals surface area contributed by atoms with Crippen LogP contribution in [0.25, 0.3) is 0 Å². The lowest BCUT2D eigenvalue weighted by molar-refractivity contribution is 0.686. The first-order chi connectivity index (χ1) is 8.81. The van der Waals surface area contributed by atoms with E-state index in [1.54, 1.807) is 0 Å². The molecule has 1 saturated heterocycles. The normalized spacial score (nSPS) is 15.3. The Bertz CT molecular complexity index is 529. The molecular weight excluding hydrogens is 290 g/mol. The fraction of sp³-hybridized carbons (Fsp3) is 0.357. The van der Waals surface area contributed by atoms with Gasteiger partial charge in [-0.05, 0) is 46.5 Å². The van der Waals surface area contributed by atoms with E-state index in [4.69, 9.17) is 0 Å². The highest BCUT2D eigenvalue weighted by atomic mass is 79.9. The van der Waals surface area contributed by atoms with Crippen LogP contribution < -0.4 is 4.90 Å². The smallest absolute Gasteiger partial charge is 0.0660 e. The summed E-state index contributed by atoms with van der Waals surface area (Å²) >= 11 is 3.42. The van der Waals surface area contributed by atoms with Gasteiger partial charge in [0, 0.05) is 25.0 Å². The summed E-state index contributed by atoms with van der Waals surface area (Å²) in [5.74, 6) is 0. The molecule has 18 heavy (non-hydrogen) atoms. The highest BCUT2D eigenvalue weighted by Gasteiger charge is 2.12. The molecule has 0 N–H and O–H groups in total. The van der Waals surface area contributed by atoms with Gasteiger partial charge in [-0.2, -0.15) is 5.10 Å². The summed E-state index contributed by atoms with van der Waals surface area (Å²) in [5.41, 5.74) is 2.64. The zero-order valence-corrected chi connectivity index (χ0v) is 11.8. The molecule has 0 saturated carbocycles. The van der Waals surface area contributed by atoms with Crippen molar-refractivity contribution in [1.29, 1.82) is 0 Å². The van der Waals surface area contributed by atoms with Crippen molar-refractivity contribution in [1.82, 2.24) is 9.78 Å². The lowest BCUT2D eigenvalue weighted by Gasteiger charge is -2.18. The molecule has 1 aliphatic rings. The van der Waals surface area contributed by atoms with E-state index in [9.17, 15) is 0 Å². The fourth-order valence-electron chi connectivity index (χ4n) is 2.44. The highest BCUT2D eigenvalue weighted by molar-refractivity contribution is 9.10. The van der Waals surface area contributed by atoms with E-state index in [1.807, 2.05) is 17.1 Å². The van der Waals surface area contributed by atoms with E-state index in [0.717, 1.165) is 11.0 Å². The predicted octanol–water partition coefficient (Wildman–Crippen LogP) is 3.29. The molecule has 1 aromatic heterocycles. The number of nitrogens with zero attached hydrogens (tertiary/aromatic N) is 3. The zero-order chi connectivity index (χ0) is 12.4. The molecule has 1 fully saturated rings. The first-order valence-corrected chi connectivity index (χ1v) is 7.12. The Labute approximate surface area is 116 Å². The molecule has 94 valence electrons. The van der Waals surface area contributed by atoms with Crippen LogP contribution in [0.2, 0.25) is 0 Å². The Morgan fingerprint density at radius 3 is 2.78 bits per heavy atom. The fourth-order valence-corrected chi connectivity index (χ4v) is 2.77. The van der Waals surface area contributed by atoms with Gasteiger partial charge in [0.15, 0.2) is 0 Å². The maximum Gasteiger partial charge on any atom is 0.0660 e. The quantitative estimate of drug-likeness (QED) is 0.867. The number of benzene rings is 1. The van der Waals surface area contributed by atoms with Crippen molar-refractivity contribution in [3.8, 4) is 0 Å². The Balaban J connectivity index is 1.78. The summed E-state index contributed by atoms with van der Waals surface area (Å²) in [6, 6.07) is 8.78. The average molecular weight is 306 g/mol. The van der Waals surface area contributed by atoms with Gasteiger partial charge in [0.05, 0.1) is 17.2 Å². The van der Waals surface area contributed by atoms with Gasteiger partial charge in [-0.15, -0.1) is 0 Å². The van der Waals surface area contributed by atoms with Crippen molar-refractivity contribution in [2.75, 3.05) is 18.0 Å². The molecule has 0 bridgehead atoms. The molecule has 3 nitrogen and oxygen atoms in total. The second-order valence-corrected chi connectivity index (χ2v) is 5.64. The zero-order valence-electron chi connectivity index (χ0n) is 10.2. The summed E-state index contributed by atoms with van der Waals surface area (Å²) in [6.45, 7) is 3.21. The van der Waals surface area contributed by atoms with Crippen LogP contribution in [-0.4, -0.2) is 22.9 Å². The minimum atomic E-state index is 0.827. The Morgan fingerprint density at radius 2 is 2.06 bits per heavy atom. The van der Waals surface area contributed by atoms with E-state index in [2.05, 4.69) is 50.2 Å². The average Bonchev–Trinajstić information content (AvgIpc) is 3.01. The molecule has 0 atom stereocenters. The molecule has 3 rings (SSSR count). The summed E-state index contributed by atoms with van der Waals surface area (Å²) < 4.78 is 2.98. The Hall–Kier alpha value is -1.29. The van der Waals surface area contributed by atoms with E-state index in [0.29, 0.717) is 0 Å². The largest absolute Gasteiger partial charge is 0.372 e. The van der Waals surface area contributed by atoms with Crippen LogP contribution in [0.4, 0.5) is 5.69 Å². The maximum atomic E-state index is 4.29. The Morgan fingerprint density at radius 1 is 1.22 bits per heavy atom. The first kappa shape index (κ1) is 11.8. The standard InChI is InChI=1S/C14H16BrN3/c15-13-9-16-18(11-13)10-12-4-3-5-14(8-12)17-6-1-2-7-17/h3-5,8-9,11H,1-2,6-7,10H2. The van der Waals surface area contributed by atoms with Gasteiger partial charge >= 0.3 is 0 Å². The topological polar surface area (TPSA) is 21.1 Å². The molecule has 0 radical (unpaired) electrons. The summed E-state index contributed by atoms with van der Waals surface area (Å²) in [4.78, 5) is 2.46. The molecular formula is C14H16BrN3. The van der Waals surface area contributed by atoms with Gasteiger partial charge in [0.2, 0.25) is 0 Å². The second kappa shape index (κ2) is 5.14. The maximum absolute atomic E-state index is 4.29. The monoisotopic (exact) mass is 305 g/mol. The van der Waals surface area contributed by atoms with Gasteiger partial charge in [0.1, 0.15) is 0 Å². The van der Waals surface area contributed by atoms with Crippen LogP contribution in [0.15, 0.2) is 41.1 Å². The minimum Gasteiger partial charge on any atom is -0.372 e. The van der Waals surface area contributed by atoms with Crippen molar-refractivity contribution < 1.29 is 0 Å². The summed E-state index contributed by atoms with van der Waals surface area (Å²) in [5, 5.41) is 4.29. The SMILES string of the molecule is Brc1cnn(Cc2cccc(N3CCCC3)c2)c1. The molecule has 4 heteroatoms. The molecule has 0 spiro atoms. The van der Waals surface area contributed by atoms with Crippen molar-refractivity contribution in [2.24, 2.45) is 0 Å². The molecule has 0 aliphatic carbocycles. The predicted molar refractivity (Wildman–Crippen MR) is 76.9 cm³/mol. The van der Waals surface area contributed by atoms with Crippen LogP contribution in [-0.2, 0) is 6.54 Å². The second-order valence-electron chi connectivity index (χ2n) is 4.72. The molecule has 1 aromatic carbocycles. The van der Waals surface area contributed by atoms with E-state index in [-0.39, 0.29) is 0 Å². The molecule has 1 aliphatic heterocycles. The number of anilines is 1. The Kier molecular flexibility index (Phi) is 3.37. The van der Waals surface area contributed by atoms with Gasteiger partial charge < -0.3 is 4.90 Å². The number of rotatable bonds is 3. The van der Waals surface area contributed by atoms with Gasteiger partial charge in [0.25, 0.3) is 0 Å². The molecule has 2 heterocycles. The summed E-state index contributed by atoms with van der Waals surface area (Å²) in [7, 11) is 0. The highest BCUT2D eigenvalue weighted by Crippen LogP contribution is 2.21. The van der Waals surface area contributed by atoms with Crippen LogP contribution in [0, 0.1) is 0 Å². The number of hydrogen-bond donors (Lipinski definition) is 0. The first-order valence-electron chi connectivity index (χ1n) is 6.33. The van der Waals surface area contributed by atoms with Crippen LogP contribution in [0.1, 0.15) is 18.4 Å². The number of halogens is 1. The van der Waals surface area contributed by atoms with Crippen molar-refractivity contribution in [3.63, 3.8) is 0 Å². The third-order valence-corrected chi connectivity index (χ3v) is 3.74. The molecule has 0 unspecified atom stereocenters. The van der Waals surface area contributed by atoms with Crippen LogP contribution in [0.5, 0.6) is 0 Å². The third kappa shape index (κ3) is 2.58. The third-order valence-electron chi connectivity index (χ3n) is 3.33. The van der Waals surface area contributed by atoms with Gasteiger partial charge in [-0.25, -0.2) is 0 Å². The summed E-state index contributed by atoms with van der Waals surface area (Å²) in [6.07, 6.45) is 6.46. The van der Waals surface area contributed by atoms with Crippen molar-refractivity contribution in [2.45, 2.75) is 19.4 Å². The number of hydrogen-bond acceptors (Lipinski definition) is 2. The van der Waals surface area contributed by atoms with E-state index in [1.165, 1.54) is 37.2 Å². The van der Waals surface area contributed by atoms with E-state index >= 15 is 0 Å². The molecule has 2 aromatic rings. The van der Waals surface area contributed by atoms with Crippen molar-refractivity contribution in [3.05, 3.63) is 46.7 Å². The number of aromatic nitrogens is 2. The van der Waals surface area contributed by atoms with Gasteiger partial charge in [-0.3, -0.25) is 4.68 Å². The minimum absolute atomic E-state index is 0.827. The van der Waals surface area contributed by atoms with Gasteiger partial charge in [-0.1, -0.05) is 12.1 Å². The van der Waals surface area contributed by atoms with Crippen LogP contribution >= 0.6 is 15.9 Å². The molecule has 0 amide bonds. The van der Waals surface area contributed by atoms with E-state index < -0.39 is 0 Å². The van der Waals surface area contributed by atoms with Crippen molar-refractivity contribution >= 4 is 21.6 Å².